The van der Waals surface area contributed by atoms with Crippen molar-refractivity contribution in [3.05, 3.63) is 45.8 Å². The number of amides is 1. The van der Waals surface area contributed by atoms with Crippen LogP contribution in [0, 0.1) is 0 Å². The van der Waals surface area contributed by atoms with Gasteiger partial charge in [0.2, 0.25) is 5.91 Å². The standard InChI is InChI=1S/C22H28N2O4S/c1-4-24-12-11-17-18(14-24)29-21(20(17)22(26)28-6-3)23-19(25)13-15-7-9-16(10-8-15)27-5-2/h7-10H,4-6,11-14H2,1-3H3,(H,23,25). The number of hydrogen-bond donors (Lipinski definition) is 1. The zero-order valence-corrected chi connectivity index (χ0v) is 18.1. The van der Waals surface area contributed by atoms with E-state index in [1.165, 1.54) is 11.3 Å². The van der Waals surface area contributed by atoms with E-state index in [2.05, 4.69) is 17.1 Å². The first-order valence-electron chi connectivity index (χ1n) is 10.1. The molecule has 0 spiro atoms. The summed E-state index contributed by atoms with van der Waals surface area (Å²) in [5, 5.41) is 3.56. The van der Waals surface area contributed by atoms with Crippen LogP contribution in [0.1, 0.15) is 47.1 Å². The van der Waals surface area contributed by atoms with E-state index in [0.29, 0.717) is 23.8 Å². The molecule has 0 bridgehead atoms. The summed E-state index contributed by atoms with van der Waals surface area (Å²) in [6.07, 6.45) is 1.03. The summed E-state index contributed by atoms with van der Waals surface area (Å²) in [7, 11) is 0. The van der Waals surface area contributed by atoms with Crippen molar-refractivity contribution >= 4 is 28.2 Å². The first-order chi connectivity index (χ1) is 14.0. The fraction of sp³-hybridized carbons (Fsp3) is 0.455. The Kier molecular flexibility index (Phi) is 7.28. The molecule has 1 amide bonds. The van der Waals surface area contributed by atoms with Gasteiger partial charge in [-0.05, 0) is 50.1 Å². The van der Waals surface area contributed by atoms with E-state index in [1.807, 2.05) is 31.2 Å². The minimum atomic E-state index is -0.355. The number of nitrogens with zero attached hydrogens (tertiary/aromatic N) is 1. The second-order valence-corrected chi connectivity index (χ2v) is 7.95. The summed E-state index contributed by atoms with van der Waals surface area (Å²) in [5.41, 5.74) is 2.44. The number of carbonyl (C=O) groups is 2. The summed E-state index contributed by atoms with van der Waals surface area (Å²) < 4.78 is 10.7. The molecule has 1 aromatic carbocycles. The Morgan fingerprint density at radius 3 is 2.55 bits per heavy atom. The van der Waals surface area contributed by atoms with Gasteiger partial charge in [0, 0.05) is 18.0 Å². The number of carbonyl (C=O) groups excluding carboxylic acids is 2. The number of fused-ring (bicyclic) bond motifs is 1. The molecule has 0 atom stereocenters. The van der Waals surface area contributed by atoms with Crippen LogP contribution in [-0.4, -0.2) is 43.1 Å². The van der Waals surface area contributed by atoms with Crippen LogP contribution in [0.3, 0.4) is 0 Å². The summed E-state index contributed by atoms with van der Waals surface area (Å²) >= 11 is 1.49. The average Bonchev–Trinajstić information content (AvgIpc) is 3.06. The van der Waals surface area contributed by atoms with Crippen molar-refractivity contribution in [1.82, 2.24) is 4.90 Å². The SMILES string of the molecule is CCOC(=O)c1c(NC(=O)Cc2ccc(OCC)cc2)sc2c1CCN(CC)C2. The molecule has 0 fully saturated rings. The molecule has 2 aromatic rings. The van der Waals surface area contributed by atoms with Gasteiger partial charge < -0.3 is 14.8 Å². The van der Waals surface area contributed by atoms with Gasteiger partial charge in [0.05, 0.1) is 25.2 Å². The predicted molar refractivity (Wildman–Crippen MR) is 115 cm³/mol. The quantitative estimate of drug-likeness (QED) is 0.662. The Bertz CT molecular complexity index is 860. The molecule has 0 saturated carbocycles. The number of thiophene rings is 1. The number of benzene rings is 1. The van der Waals surface area contributed by atoms with Crippen LogP contribution in [0.4, 0.5) is 5.00 Å². The van der Waals surface area contributed by atoms with Gasteiger partial charge >= 0.3 is 5.97 Å². The van der Waals surface area contributed by atoms with Crippen molar-refractivity contribution in [2.24, 2.45) is 0 Å². The molecule has 0 aliphatic carbocycles. The van der Waals surface area contributed by atoms with Crippen molar-refractivity contribution in [3.63, 3.8) is 0 Å². The lowest BCUT2D eigenvalue weighted by molar-refractivity contribution is -0.115. The molecule has 29 heavy (non-hydrogen) atoms. The van der Waals surface area contributed by atoms with Crippen molar-refractivity contribution in [2.75, 3.05) is 31.6 Å². The molecular weight excluding hydrogens is 388 g/mol. The molecule has 0 radical (unpaired) electrons. The maximum Gasteiger partial charge on any atom is 0.341 e. The van der Waals surface area contributed by atoms with Crippen molar-refractivity contribution < 1.29 is 19.1 Å². The first-order valence-corrected chi connectivity index (χ1v) is 10.9. The lowest BCUT2D eigenvalue weighted by atomic mass is 10.0. The minimum Gasteiger partial charge on any atom is -0.494 e. The highest BCUT2D eigenvalue weighted by molar-refractivity contribution is 7.17. The van der Waals surface area contributed by atoms with Gasteiger partial charge in [0.1, 0.15) is 10.8 Å². The molecule has 1 N–H and O–H groups in total. The summed E-state index contributed by atoms with van der Waals surface area (Å²) in [6, 6.07) is 7.49. The Morgan fingerprint density at radius 1 is 1.14 bits per heavy atom. The highest BCUT2D eigenvalue weighted by atomic mass is 32.1. The van der Waals surface area contributed by atoms with Gasteiger partial charge in [-0.3, -0.25) is 9.69 Å². The van der Waals surface area contributed by atoms with Crippen molar-refractivity contribution in [3.8, 4) is 5.75 Å². The van der Waals surface area contributed by atoms with Crippen LogP contribution >= 0.6 is 11.3 Å². The molecular formula is C22H28N2O4S. The van der Waals surface area contributed by atoms with E-state index < -0.39 is 0 Å². The smallest absolute Gasteiger partial charge is 0.341 e. The maximum atomic E-state index is 12.7. The van der Waals surface area contributed by atoms with Crippen LogP contribution < -0.4 is 10.1 Å². The Labute approximate surface area is 175 Å². The van der Waals surface area contributed by atoms with Gasteiger partial charge in [-0.15, -0.1) is 11.3 Å². The van der Waals surface area contributed by atoms with Crippen LogP contribution in [0.25, 0.3) is 0 Å². The zero-order chi connectivity index (χ0) is 20.8. The third-order valence-corrected chi connectivity index (χ3v) is 6.05. The van der Waals surface area contributed by atoms with Crippen molar-refractivity contribution in [2.45, 2.75) is 40.2 Å². The largest absolute Gasteiger partial charge is 0.494 e. The second kappa shape index (κ2) is 9.89. The number of ether oxygens (including phenoxy) is 2. The maximum absolute atomic E-state index is 12.7. The fourth-order valence-corrected chi connectivity index (χ4v) is 4.75. The van der Waals surface area contributed by atoms with Crippen LogP contribution in [0.2, 0.25) is 0 Å². The van der Waals surface area contributed by atoms with Gasteiger partial charge in [-0.25, -0.2) is 4.79 Å². The van der Waals surface area contributed by atoms with E-state index in [9.17, 15) is 9.59 Å². The molecule has 1 aliphatic heterocycles. The Morgan fingerprint density at radius 2 is 1.90 bits per heavy atom. The molecule has 1 aromatic heterocycles. The highest BCUT2D eigenvalue weighted by Gasteiger charge is 2.29. The first kappa shape index (κ1) is 21.3. The van der Waals surface area contributed by atoms with Gasteiger partial charge in [-0.2, -0.15) is 0 Å². The van der Waals surface area contributed by atoms with E-state index in [4.69, 9.17) is 9.47 Å². The monoisotopic (exact) mass is 416 g/mol. The molecule has 0 saturated heterocycles. The number of esters is 1. The highest BCUT2D eigenvalue weighted by Crippen LogP contribution is 2.37. The zero-order valence-electron chi connectivity index (χ0n) is 17.2. The minimum absolute atomic E-state index is 0.148. The summed E-state index contributed by atoms with van der Waals surface area (Å²) in [4.78, 5) is 28.7. The summed E-state index contributed by atoms with van der Waals surface area (Å²) in [6.45, 7) is 9.45. The molecule has 3 rings (SSSR count). The fourth-order valence-electron chi connectivity index (χ4n) is 3.46. The normalized spacial score (nSPS) is 13.6. The van der Waals surface area contributed by atoms with Crippen LogP contribution in [0.5, 0.6) is 5.75 Å². The third kappa shape index (κ3) is 5.16. The topological polar surface area (TPSA) is 67.9 Å². The average molecular weight is 417 g/mol. The van der Waals surface area contributed by atoms with E-state index in [0.717, 1.165) is 47.8 Å². The Hall–Kier alpha value is -2.38. The molecule has 1 aliphatic rings. The second-order valence-electron chi connectivity index (χ2n) is 6.85. The lowest BCUT2D eigenvalue weighted by Crippen LogP contribution is -2.30. The van der Waals surface area contributed by atoms with Gasteiger partial charge in [-0.1, -0.05) is 19.1 Å². The van der Waals surface area contributed by atoms with E-state index >= 15 is 0 Å². The molecule has 156 valence electrons. The lowest BCUT2D eigenvalue weighted by Gasteiger charge is -2.25. The number of likely N-dealkylation sites (N-methyl/N-ethyl adjacent to an activating group) is 1. The van der Waals surface area contributed by atoms with Crippen LogP contribution in [-0.2, 0) is 28.9 Å². The van der Waals surface area contributed by atoms with Crippen molar-refractivity contribution in [1.29, 1.82) is 0 Å². The molecule has 7 heteroatoms. The molecule has 0 unspecified atom stereocenters. The van der Waals surface area contributed by atoms with E-state index in [-0.39, 0.29) is 18.3 Å². The number of anilines is 1. The number of nitrogens with one attached hydrogen (secondary N) is 1. The van der Waals surface area contributed by atoms with Gasteiger partial charge in [0.25, 0.3) is 0 Å². The molecule has 6 nitrogen and oxygen atoms in total. The predicted octanol–water partition coefficient (Wildman–Crippen LogP) is 3.88. The third-order valence-electron chi connectivity index (χ3n) is 4.91. The molecule has 2 heterocycles. The Balaban J connectivity index is 1.77. The van der Waals surface area contributed by atoms with E-state index in [1.54, 1.807) is 6.92 Å². The van der Waals surface area contributed by atoms with Gasteiger partial charge in [0.15, 0.2) is 0 Å². The van der Waals surface area contributed by atoms with Crippen LogP contribution in [0.15, 0.2) is 24.3 Å². The number of rotatable bonds is 8. The number of hydrogen-bond acceptors (Lipinski definition) is 6. The summed E-state index contributed by atoms with van der Waals surface area (Å²) in [5.74, 6) is 0.282.